The van der Waals surface area contributed by atoms with Crippen molar-refractivity contribution in [2.75, 3.05) is 23.7 Å². The Hall–Kier alpha value is -2.87. The standard InChI is InChI=1S/C25H35N3O4S/c1-18(2)26-25(30)21(5)27(13-12-22-10-8-7-9-11-22)24(29)17-28(33(6,31)32)23-15-19(3)14-20(4)16-23/h7-11,14-16,18,21H,12-13,17H2,1-6H3,(H,26,30). The number of nitrogens with zero attached hydrogens (tertiary/aromatic N) is 2. The number of hydrogen-bond acceptors (Lipinski definition) is 4. The van der Waals surface area contributed by atoms with Crippen LogP contribution in [0.4, 0.5) is 5.69 Å². The van der Waals surface area contributed by atoms with Crippen molar-refractivity contribution in [1.29, 1.82) is 0 Å². The lowest BCUT2D eigenvalue weighted by molar-refractivity contribution is -0.139. The third kappa shape index (κ3) is 7.89. The van der Waals surface area contributed by atoms with Crippen LogP contribution >= 0.6 is 0 Å². The molecule has 0 saturated heterocycles. The van der Waals surface area contributed by atoms with Crippen molar-refractivity contribution in [3.8, 4) is 0 Å². The van der Waals surface area contributed by atoms with E-state index in [1.165, 1.54) is 4.90 Å². The largest absolute Gasteiger partial charge is 0.352 e. The zero-order valence-electron chi connectivity index (χ0n) is 20.3. The number of anilines is 1. The van der Waals surface area contributed by atoms with Gasteiger partial charge in [0.15, 0.2) is 0 Å². The molecule has 7 nitrogen and oxygen atoms in total. The van der Waals surface area contributed by atoms with Gasteiger partial charge in [0.05, 0.1) is 11.9 Å². The van der Waals surface area contributed by atoms with E-state index in [9.17, 15) is 18.0 Å². The zero-order chi connectivity index (χ0) is 24.8. The summed E-state index contributed by atoms with van der Waals surface area (Å²) in [4.78, 5) is 27.6. The first kappa shape index (κ1) is 26.4. The third-order valence-electron chi connectivity index (χ3n) is 5.26. The molecule has 2 rings (SSSR count). The Balaban J connectivity index is 2.34. The first-order chi connectivity index (χ1) is 15.4. The number of nitrogens with one attached hydrogen (secondary N) is 1. The SMILES string of the molecule is Cc1cc(C)cc(N(CC(=O)N(CCc2ccccc2)C(C)C(=O)NC(C)C)S(C)(=O)=O)c1. The number of benzene rings is 2. The van der Waals surface area contributed by atoms with Crippen molar-refractivity contribution in [3.63, 3.8) is 0 Å². The normalized spacial score (nSPS) is 12.3. The van der Waals surface area contributed by atoms with Crippen molar-refractivity contribution in [2.45, 2.75) is 53.1 Å². The first-order valence-electron chi connectivity index (χ1n) is 11.1. The van der Waals surface area contributed by atoms with Crippen LogP contribution in [-0.2, 0) is 26.0 Å². The molecule has 2 aromatic carbocycles. The van der Waals surface area contributed by atoms with Gasteiger partial charge in [0.25, 0.3) is 0 Å². The highest BCUT2D eigenvalue weighted by molar-refractivity contribution is 7.92. The number of carbonyl (C=O) groups excluding carboxylic acids is 2. The topological polar surface area (TPSA) is 86.8 Å². The summed E-state index contributed by atoms with van der Waals surface area (Å²) in [5, 5.41) is 2.84. The highest BCUT2D eigenvalue weighted by Crippen LogP contribution is 2.22. The maximum atomic E-state index is 13.4. The zero-order valence-corrected chi connectivity index (χ0v) is 21.1. The van der Waals surface area contributed by atoms with E-state index in [-0.39, 0.29) is 18.5 Å². The Morgan fingerprint density at radius 3 is 2.06 bits per heavy atom. The van der Waals surface area contributed by atoms with Gasteiger partial charge in [0.1, 0.15) is 12.6 Å². The number of hydrogen-bond donors (Lipinski definition) is 1. The minimum Gasteiger partial charge on any atom is -0.352 e. The van der Waals surface area contributed by atoms with Crippen LogP contribution in [0.15, 0.2) is 48.5 Å². The molecule has 0 bridgehead atoms. The molecule has 1 N–H and O–H groups in total. The second kappa shape index (κ2) is 11.3. The van der Waals surface area contributed by atoms with Crippen LogP contribution in [0.5, 0.6) is 0 Å². The van der Waals surface area contributed by atoms with Gasteiger partial charge in [0, 0.05) is 12.6 Å². The maximum absolute atomic E-state index is 13.4. The van der Waals surface area contributed by atoms with E-state index < -0.39 is 22.0 Å². The van der Waals surface area contributed by atoms with Crippen LogP contribution in [0.3, 0.4) is 0 Å². The summed E-state index contributed by atoms with van der Waals surface area (Å²) in [5.74, 6) is -0.703. The van der Waals surface area contributed by atoms with Crippen molar-refractivity contribution < 1.29 is 18.0 Å². The van der Waals surface area contributed by atoms with Crippen LogP contribution in [-0.4, -0.2) is 56.6 Å². The van der Waals surface area contributed by atoms with Crippen molar-refractivity contribution in [3.05, 3.63) is 65.2 Å². The highest BCUT2D eigenvalue weighted by atomic mass is 32.2. The number of amides is 2. The minimum absolute atomic E-state index is 0.0752. The molecule has 0 saturated carbocycles. The van der Waals surface area contributed by atoms with Gasteiger partial charge in [-0.15, -0.1) is 0 Å². The Labute approximate surface area is 197 Å². The first-order valence-corrected chi connectivity index (χ1v) is 12.9. The van der Waals surface area contributed by atoms with Crippen LogP contribution < -0.4 is 9.62 Å². The van der Waals surface area contributed by atoms with Crippen LogP contribution in [0, 0.1) is 13.8 Å². The molecule has 0 aliphatic carbocycles. The summed E-state index contributed by atoms with van der Waals surface area (Å²) in [5.41, 5.74) is 3.26. The summed E-state index contributed by atoms with van der Waals surface area (Å²) in [7, 11) is -3.73. The van der Waals surface area contributed by atoms with E-state index in [2.05, 4.69) is 5.32 Å². The summed E-state index contributed by atoms with van der Waals surface area (Å²) in [6.45, 7) is 9.04. The molecule has 33 heavy (non-hydrogen) atoms. The van der Waals surface area contributed by atoms with E-state index in [1.807, 2.05) is 64.1 Å². The third-order valence-corrected chi connectivity index (χ3v) is 6.40. The van der Waals surface area contributed by atoms with Crippen LogP contribution in [0.1, 0.15) is 37.5 Å². The van der Waals surface area contributed by atoms with Gasteiger partial charge in [-0.25, -0.2) is 8.42 Å². The molecule has 0 spiro atoms. The van der Waals surface area contributed by atoms with Gasteiger partial charge in [0.2, 0.25) is 21.8 Å². The fourth-order valence-electron chi connectivity index (χ4n) is 3.68. The fourth-order valence-corrected chi connectivity index (χ4v) is 4.52. The van der Waals surface area contributed by atoms with Gasteiger partial charge in [-0.3, -0.25) is 13.9 Å². The number of sulfonamides is 1. The molecule has 0 fully saturated rings. The molecule has 0 aliphatic rings. The quantitative estimate of drug-likeness (QED) is 0.575. The van der Waals surface area contributed by atoms with Crippen LogP contribution in [0.2, 0.25) is 0 Å². The Bertz CT molecular complexity index is 1050. The van der Waals surface area contributed by atoms with Gasteiger partial charge in [-0.05, 0) is 69.9 Å². The molecule has 0 heterocycles. The van der Waals surface area contributed by atoms with Crippen molar-refractivity contribution in [1.82, 2.24) is 10.2 Å². The molecule has 0 radical (unpaired) electrons. The number of aryl methyl sites for hydroxylation is 2. The number of rotatable bonds is 10. The average Bonchev–Trinajstić information content (AvgIpc) is 2.70. The predicted octanol–water partition coefficient (Wildman–Crippen LogP) is 3.05. The lowest BCUT2D eigenvalue weighted by Crippen LogP contribution is -2.53. The van der Waals surface area contributed by atoms with E-state index in [0.717, 1.165) is 27.3 Å². The smallest absolute Gasteiger partial charge is 0.244 e. The monoisotopic (exact) mass is 473 g/mol. The lowest BCUT2D eigenvalue weighted by atomic mass is 10.1. The average molecular weight is 474 g/mol. The predicted molar refractivity (Wildman–Crippen MR) is 133 cm³/mol. The summed E-state index contributed by atoms with van der Waals surface area (Å²) in [6, 6.07) is 14.3. The van der Waals surface area contributed by atoms with Gasteiger partial charge < -0.3 is 10.2 Å². The van der Waals surface area contributed by atoms with Gasteiger partial charge >= 0.3 is 0 Å². The Kier molecular flexibility index (Phi) is 9.05. The molecular formula is C25H35N3O4S. The van der Waals surface area contributed by atoms with E-state index in [4.69, 9.17) is 0 Å². The van der Waals surface area contributed by atoms with Gasteiger partial charge in [-0.1, -0.05) is 36.4 Å². The molecule has 0 aliphatic heterocycles. The fraction of sp³-hybridized carbons (Fsp3) is 0.440. The van der Waals surface area contributed by atoms with E-state index in [0.29, 0.717) is 18.7 Å². The van der Waals surface area contributed by atoms with E-state index >= 15 is 0 Å². The maximum Gasteiger partial charge on any atom is 0.244 e. The van der Waals surface area contributed by atoms with Gasteiger partial charge in [-0.2, -0.15) is 0 Å². The highest BCUT2D eigenvalue weighted by Gasteiger charge is 2.30. The second-order valence-electron chi connectivity index (χ2n) is 8.78. The molecular weight excluding hydrogens is 438 g/mol. The van der Waals surface area contributed by atoms with E-state index in [1.54, 1.807) is 19.1 Å². The minimum atomic E-state index is -3.73. The molecule has 1 unspecified atom stereocenters. The molecule has 0 aromatic heterocycles. The van der Waals surface area contributed by atoms with Crippen LogP contribution in [0.25, 0.3) is 0 Å². The molecule has 180 valence electrons. The molecule has 8 heteroatoms. The molecule has 1 atom stereocenters. The lowest BCUT2D eigenvalue weighted by Gasteiger charge is -2.32. The second-order valence-corrected chi connectivity index (χ2v) is 10.7. The van der Waals surface area contributed by atoms with Crippen molar-refractivity contribution >= 4 is 27.5 Å². The molecule has 2 aromatic rings. The summed E-state index contributed by atoms with van der Waals surface area (Å²) in [6.07, 6.45) is 1.63. The van der Waals surface area contributed by atoms with Crippen molar-refractivity contribution in [2.24, 2.45) is 0 Å². The molecule has 2 amide bonds. The summed E-state index contributed by atoms with van der Waals surface area (Å²) < 4.78 is 26.3. The number of carbonyl (C=O) groups is 2. The Morgan fingerprint density at radius 1 is 0.970 bits per heavy atom. The Morgan fingerprint density at radius 2 is 1.55 bits per heavy atom. The summed E-state index contributed by atoms with van der Waals surface area (Å²) >= 11 is 0.